The number of carbonyl (C=O) groups is 3. The first kappa shape index (κ1) is 27.7. The van der Waals surface area contributed by atoms with Gasteiger partial charge in [-0.25, -0.2) is 14.4 Å². The van der Waals surface area contributed by atoms with Crippen LogP contribution in [-0.4, -0.2) is 47.3 Å². The predicted octanol–water partition coefficient (Wildman–Crippen LogP) is 6.06. The zero-order valence-corrected chi connectivity index (χ0v) is 22.0. The van der Waals surface area contributed by atoms with E-state index in [4.69, 9.17) is 9.47 Å². The molecule has 9 heteroatoms. The maximum Gasteiger partial charge on any atom is 0.337 e. The van der Waals surface area contributed by atoms with Gasteiger partial charge in [0.2, 0.25) is 0 Å². The van der Waals surface area contributed by atoms with Gasteiger partial charge in [0.05, 0.1) is 49.8 Å². The van der Waals surface area contributed by atoms with Crippen LogP contribution in [0.2, 0.25) is 0 Å². The molecule has 40 heavy (non-hydrogen) atoms. The van der Waals surface area contributed by atoms with E-state index in [1.807, 2.05) is 36.4 Å². The van der Waals surface area contributed by atoms with Crippen LogP contribution in [0.15, 0.2) is 97.1 Å². The van der Waals surface area contributed by atoms with E-state index in [1.165, 1.54) is 43.4 Å². The summed E-state index contributed by atoms with van der Waals surface area (Å²) in [5, 5.41) is 19.9. The molecule has 0 spiro atoms. The summed E-state index contributed by atoms with van der Waals surface area (Å²) in [4.78, 5) is 41.6. The number of nitrogens with zero attached hydrogens (tertiary/aromatic N) is 2. The Morgan fingerprint density at radius 1 is 0.600 bits per heavy atom. The maximum atomic E-state index is 14.6. The van der Waals surface area contributed by atoms with E-state index >= 15 is 0 Å². The van der Waals surface area contributed by atoms with Gasteiger partial charge in [-0.05, 0) is 36.4 Å². The first-order valence-corrected chi connectivity index (χ1v) is 12.3. The molecule has 0 saturated heterocycles. The smallest absolute Gasteiger partial charge is 0.337 e. The highest BCUT2D eigenvalue weighted by Crippen LogP contribution is 2.34. The fourth-order valence-corrected chi connectivity index (χ4v) is 4.45. The number of benzene rings is 4. The minimum absolute atomic E-state index is 0.0266. The molecule has 0 heterocycles. The Hall–Kier alpha value is -5.31. The van der Waals surface area contributed by atoms with Crippen molar-refractivity contribution in [3.8, 4) is 11.5 Å². The molecule has 4 aromatic carbocycles. The average molecular weight is 541 g/mol. The Morgan fingerprint density at radius 3 is 1.38 bits per heavy atom. The number of hydrogen-bond donors (Lipinski definition) is 2. The third kappa shape index (κ3) is 5.88. The van der Waals surface area contributed by atoms with Gasteiger partial charge in [0.15, 0.2) is 0 Å². The molecular formula is C31H28N2O7. The number of urea groups is 1. The third-order valence-electron chi connectivity index (χ3n) is 6.32. The van der Waals surface area contributed by atoms with Crippen LogP contribution in [-0.2, 0) is 13.1 Å². The molecular weight excluding hydrogens is 512 g/mol. The fraction of sp³-hybridized carbons (Fsp3) is 0.129. The number of ether oxygens (including phenoxy) is 2. The van der Waals surface area contributed by atoms with Gasteiger partial charge in [-0.15, -0.1) is 0 Å². The summed E-state index contributed by atoms with van der Waals surface area (Å²) in [6.07, 6.45) is 0. The molecule has 0 atom stereocenters. The second kappa shape index (κ2) is 12.5. The van der Waals surface area contributed by atoms with E-state index in [1.54, 1.807) is 36.4 Å². The summed E-state index contributed by atoms with van der Waals surface area (Å²) >= 11 is 0. The second-order valence-electron chi connectivity index (χ2n) is 8.74. The van der Waals surface area contributed by atoms with Crippen LogP contribution in [0.1, 0.15) is 31.8 Å². The van der Waals surface area contributed by atoms with E-state index in [9.17, 15) is 24.6 Å². The van der Waals surface area contributed by atoms with E-state index in [0.29, 0.717) is 22.6 Å². The van der Waals surface area contributed by atoms with Crippen molar-refractivity contribution in [3.63, 3.8) is 0 Å². The summed E-state index contributed by atoms with van der Waals surface area (Å²) in [5.74, 6) is -1.41. The van der Waals surface area contributed by atoms with Crippen LogP contribution in [0, 0.1) is 0 Å². The number of amides is 2. The molecule has 0 bridgehead atoms. The lowest BCUT2D eigenvalue weighted by molar-refractivity contribution is 0.0688. The Balaban J connectivity index is 1.92. The number of methoxy groups -OCH3 is 2. The summed E-state index contributed by atoms with van der Waals surface area (Å²) < 4.78 is 11.0. The molecule has 4 rings (SSSR count). The van der Waals surface area contributed by atoms with E-state index in [0.717, 1.165) is 4.90 Å². The van der Waals surface area contributed by atoms with Crippen molar-refractivity contribution in [2.45, 2.75) is 13.1 Å². The van der Waals surface area contributed by atoms with E-state index in [2.05, 4.69) is 0 Å². The molecule has 4 aromatic rings. The molecule has 0 saturated carbocycles. The van der Waals surface area contributed by atoms with Crippen molar-refractivity contribution >= 4 is 29.3 Å². The summed E-state index contributed by atoms with van der Waals surface area (Å²) in [5.41, 5.74) is 1.13. The van der Waals surface area contributed by atoms with Gasteiger partial charge in [-0.2, -0.15) is 0 Å². The monoisotopic (exact) mass is 540 g/mol. The molecule has 0 unspecified atom stereocenters. The molecule has 0 radical (unpaired) electrons. The van der Waals surface area contributed by atoms with Crippen LogP contribution in [0.5, 0.6) is 11.5 Å². The average Bonchev–Trinajstić information content (AvgIpc) is 2.97. The van der Waals surface area contributed by atoms with Crippen molar-refractivity contribution in [2.24, 2.45) is 0 Å². The molecule has 0 aliphatic rings. The molecule has 204 valence electrons. The third-order valence-corrected chi connectivity index (χ3v) is 6.32. The predicted molar refractivity (Wildman–Crippen MR) is 150 cm³/mol. The summed E-state index contributed by atoms with van der Waals surface area (Å²) in [6, 6.07) is 25.8. The van der Waals surface area contributed by atoms with Crippen molar-refractivity contribution in [1.29, 1.82) is 0 Å². The number of carboxylic acid groups (broad SMARTS) is 2. The topological polar surface area (TPSA) is 117 Å². The number of anilines is 2. The van der Waals surface area contributed by atoms with Crippen molar-refractivity contribution in [3.05, 3.63) is 119 Å². The molecule has 2 N–H and O–H groups in total. The van der Waals surface area contributed by atoms with Gasteiger partial charge in [0.25, 0.3) is 0 Å². The lowest BCUT2D eigenvalue weighted by atomic mass is 10.1. The molecule has 0 aromatic heterocycles. The van der Waals surface area contributed by atoms with Crippen LogP contribution in [0.4, 0.5) is 16.2 Å². The van der Waals surface area contributed by atoms with Gasteiger partial charge in [0, 0.05) is 11.1 Å². The minimum Gasteiger partial charge on any atom is -0.496 e. The highest BCUT2D eigenvalue weighted by molar-refractivity contribution is 6.09. The van der Waals surface area contributed by atoms with Crippen molar-refractivity contribution in [2.75, 3.05) is 19.1 Å². The quantitative estimate of drug-likeness (QED) is 0.251. The zero-order valence-electron chi connectivity index (χ0n) is 22.0. The summed E-state index contributed by atoms with van der Waals surface area (Å²) in [7, 11) is 3.06. The van der Waals surface area contributed by atoms with Gasteiger partial charge >= 0.3 is 18.0 Å². The van der Waals surface area contributed by atoms with E-state index in [-0.39, 0.29) is 35.6 Å². The molecule has 0 aliphatic carbocycles. The Labute approximate surface area is 231 Å². The highest BCUT2D eigenvalue weighted by Gasteiger charge is 2.31. The molecule has 0 fully saturated rings. The maximum absolute atomic E-state index is 14.6. The standard InChI is InChI=1S/C31H28N2O7/c1-39-27-17-9-3-11-21(27)19-32(20-22-12-4-10-18-28(22)40-2)31(38)33(25-15-7-5-13-23(25)29(34)35)26-16-8-6-14-24(26)30(36)37/h3-18H,19-20H2,1-2H3,(H,34,35)(H,36,37). The number of carbonyl (C=O) groups excluding carboxylic acids is 1. The highest BCUT2D eigenvalue weighted by atomic mass is 16.5. The molecule has 2 amide bonds. The van der Waals surface area contributed by atoms with Crippen LogP contribution < -0.4 is 14.4 Å². The van der Waals surface area contributed by atoms with Crippen LogP contribution >= 0.6 is 0 Å². The van der Waals surface area contributed by atoms with Gasteiger partial charge in [-0.3, -0.25) is 4.90 Å². The first-order valence-electron chi connectivity index (χ1n) is 12.3. The van der Waals surface area contributed by atoms with Gasteiger partial charge in [0.1, 0.15) is 11.5 Å². The second-order valence-corrected chi connectivity index (χ2v) is 8.74. The van der Waals surface area contributed by atoms with E-state index < -0.39 is 18.0 Å². The zero-order chi connectivity index (χ0) is 28.6. The normalized spacial score (nSPS) is 10.4. The molecule has 9 nitrogen and oxygen atoms in total. The SMILES string of the molecule is COc1ccccc1CN(Cc1ccccc1OC)C(=O)N(c1ccccc1C(=O)O)c1ccccc1C(=O)O. The Morgan fingerprint density at radius 2 is 0.975 bits per heavy atom. The van der Waals surface area contributed by atoms with Gasteiger partial charge in [-0.1, -0.05) is 60.7 Å². The number of rotatable bonds is 10. The summed E-state index contributed by atoms with van der Waals surface area (Å²) in [6.45, 7) is 0.143. The Kier molecular flexibility index (Phi) is 8.65. The largest absolute Gasteiger partial charge is 0.496 e. The number of carboxylic acids is 2. The number of aromatic carboxylic acids is 2. The van der Waals surface area contributed by atoms with Crippen molar-refractivity contribution in [1.82, 2.24) is 4.90 Å². The number of para-hydroxylation sites is 4. The van der Waals surface area contributed by atoms with Crippen LogP contribution in [0.3, 0.4) is 0 Å². The minimum atomic E-state index is -1.26. The molecule has 0 aliphatic heterocycles. The Bertz CT molecular complexity index is 1430. The van der Waals surface area contributed by atoms with Crippen LogP contribution in [0.25, 0.3) is 0 Å². The van der Waals surface area contributed by atoms with Gasteiger partial charge < -0.3 is 24.6 Å². The van der Waals surface area contributed by atoms with Crippen molar-refractivity contribution < 1.29 is 34.1 Å². The number of hydrogen-bond acceptors (Lipinski definition) is 5. The lowest BCUT2D eigenvalue weighted by Gasteiger charge is -2.33. The first-order chi connectivity index (χ1) is 19.3. The fourth-order valence-electron chi connectivity index (χ4n) is 4.45. The lowest BCUT2D eigenvalue weighted by Crippen LogP contribution is -2.41.